The highest BCUT2D eigenvalue weighted by atomic mass is 19.2. The summed E-state index contributed by atoms with van der Waals surface area (Å²) in [4.78, 5) is 6.23. The first kappa shape index (κ1) is 9.75. The molecule has 2 heterocycles. The molecule has 84 valence electrons. The molecule has 1 aromatic carbocycles. The van der Waals surface area contributed by atoms with Gasteiger partial charge in [-0.2, -0.15) is 0 Å². The predicted molar refractivity (Wildman–Crippen MR) is 59.1 cm³/mol. The normalized spacial score (nSPS) is 22.2. The van der Waals surface area contributed by atoms with Crippen LogP contribution in [0, 0.1) is 11.6 Å². The lowest BCUT2D eigenvalue weighted by Gasteiger charge is -2.38. The Morgan fingerprint density at radius 2 is 2.25 bits per heavy atom. The summed E-state index contributed by atoms with van der Waals surface area (Å²) < 4.78 is 27.0. The fourth-order valence-corrected chi connectivity index (χ4v) is 2.52. The van der Waals surface area contributed by atoms with Crippen LogP contribution in [0.3, 0.4) is 0 Å². The van der Waals surface area contributed by atoms with Crippen molar-refractivity contribution in [1.82, 2.24) is 0 Å². The van der Waals surface area contributed by atoms with E-state index in [9.17, 15) is 8.78 Å². The summed E-state index contributed by atoms with van der Waals surface area (Å²) in [6.07, 6.45) is 3.09. The number of anilines is 1. The second-order valence-electron chi connectivity index (χ2n) is 4.40. The third-order valence-corrected chi connectivity index (χ3v) is 3.41. The molecule has 1 aromatic rings. The summed E-state index contributed by atoms with van der Waals surface area (Å²) in [5, 5.41) is 0. The predicted octanol–water partition coefficient (Wildman–Crippen LogP) is 2.50. The third kappa shape index (κ3) is 1.19. The average molecular weight is 222 g/mol. The fourth-order valence-electron chi connectivity index (χ4n) is 2.52. The number of benzene rings is 1. The van der Waals surface area contributed by atoms with Crippen molar-refractivity contribution in [3.05, 3.63) is 28.8 Å². The van der Waals surface area contributed by atoms with Crippen LogP contribution in [0.4, 0.5) is 14.5 Å². The first-order chi connectivity index (χ1) is 7.68. The molecule has 0 spiro atoms. The maximum absolute atomic E-state index is 13.7. The molecule has 0 aromatic heterocycles. The van der Waals surface area contributed by atoms with Gasteiger partial charge in [-0.3, -0.25) is 4.99 Å². The Morgan fingerprint density at radius 1 is 1.44 bits per heavy atom. The molecule has 0 saturated heterocycles. The van der Waals surface area contributed by atoms with Gasteiger partial charge in [0.1, 0.15) is 6.67 Å². The van der Waals surface area contributed by atoms with Crippen LogP contribution in [-0.4, -0.2) is 18.9 Å². The lowest BCUT2D eigenvalue weighted by atomic mass is 9.93. The molecule has 0 amide bonds. The Balaban J connectivity index is 2.28. The summed E-state index contributed by atoms with van der Waals surface area (Å²) in [6, 6.07) is 1.58. The number of aliphatic imine (C=N–C) groups is 1. The molecule has 3 rings (SSSR count). The van der Waals surface area contributed by atoms with E-state index < -0.39 is 11.6 Å². The maximum Gasteiger partial charge on any atom is 0.164 e. The van der Waals surface area contributed by atoms with E-state index in [1.807, 2.05) is 0 Å². The zero-order valence-corrected chi connectivity index (χ0v) is 9.00. The molecule has 1 unspecified atom stereocenters. The van der Waals surface area contributed by atoms with Crippen molar-refractivity contribution in [2.75, 3.05) is 11.6 Å². The molecule has 16 heavy (non-hydrogen) atoms. The van der Waals surface area contributed by atoms with Crippen LogP contribution in [-0.2, 0) is 6.42 Å². The SMILES string of the molecule is CC1CCc2c(F)c(F)cc3c2N1CN=C3. The summed E-state index contributed by atoms with van der Waals surface area (Å²) in [7, 11) is 0. The van der Waals surface area contributed by atoms with Gasteiger partial charge >= 0.3 is 0 Å². The molecular formula is C12H12F2N2. The van der Waals surface area contributed by atoms with Gasteiger partial charge in [-0.25, -0.2) is 8.78 Å². The van der Waals surface area contributed by atoms with Gasteiger partial charge in [0.15, 0.2) is 11.6 Å². The zero-order chi connectivity index (χ0) is 11.3. The molecule has 0 aliphatic carbocycles. The van der Waals surface area contributed by atoms with Crippen molar-refractivity contribution in [2.24, 2.45) is 4.99 Å². The fraction of sp³-hybridized carbons (Fsp3) is 0.417. The van der Waals surface area contributed by atoms with E-state index >= 15 is 0 Å². The highest BCUT2D eigenvalue weighted by Gasteiger charge is 2.30. The van der Waals surface area contributed by atoms with Gasteiger partial charge < -0.3 is 4.90 Å². The van der Waals surface area contributed by atoms with Crippen molar-refractivity contribution in [3.8, 4) is 0 Å². The molecule has 2 nitrogen and oxygen atoms in total. The minimum atomic E-state index is -0.767. The smallest absolute Gasteiger partial charge is 0.164 e. The second-order valence-corrected chi connectivity index (χ2v) is 4.40. The minimum absolute atomic E-state index is 0.341. The van der Waals surface area contributed by atoms with Gasteiger partial charge in [0.05, 0.1) is 5.69 Å². The quantitative estimate of drug-likeness (QED) is 0.658. The van der Waals surface area contributed by atoms with Crippen LogP contribution < -0.4 is 4.90 Å². The van der Waals surface area contributed by atoms with E-state index in [0.717, 1.165) is 12.1 Å². The monoisotopic (exact) mass is 222 g/mol. The minimum Gasteiger partial charge on any atom is -0.349 e. The van der Waals surface area contributed by atoms with E-state index in [1.54, 1.807) is 6.21 Å². The molecule has 2 aliphatic heterocycles. The molecule has 2 aliphatic rings. The molecule has 0 fully saturated rings. The summed E-state index contributed by atoms with van der Waals surface area (Å²) in [6.45, 7) is 2.64. The standard InChI is InChI=1S/C12H12F2N2/c1-7-2-3-9-11(14)10(13)4-8-5-15-6-16(7)12(8)9/h4-5,7H,2-3,6H2,1H3. The van der Waals surface area contributed by atoms with E-state index in [4.69, 9.17) is 0 Å². The largest absolute Gasteiger partial charge is 0.349 e. The molecular weight excluding hydrogens is 210 g/mol. The molecule has 4 heteroatoms. The Labute approximate surface area is 92.6 Å². The molecule has 0 bridgehead atoms. The molecule has 0 saturated carbocycles. The maximum atomic E-state index is 13.7. The van der Waals surface area contributed by atoms with Gasteiger partial charge in [-0.1, -0.05) is 0 Å². The van der Waals surface area contributed by atoms with Crippen molar-refractivity contribution < 1.29 is 8.78 Å². The van der Waals surface area contributed by atoms with Crippen LogP contribution >= 0.6 is 0 Å². The first-order valence-electron chi connectivity index (χ1n) is 5.46. The number of hydrogen-bond donors (Lipinski definition) is 0. The summed E-state index contributed by atoms with van der Waals surface area (Å²) >= 11 is 0. The molecule has 0 radical (unpaired) electrons. The second kappa shape index (κ2) is 3.27. The van der Waals surface area contributed by atoms with Crippen molar-refractivity contribution in [2.45, 2.75) is 25.8 Å². The van der Waals surface area contributed by atoms with E-state index in [-0.39, 0.29) is 0 Å². The van der Waals surface area contributed by atoms with Crippen molar-refractivity contribution >= 4 is 11.9 Å². The van der Waals surface area contributed by atoms with Crippen LogP contribution in [0.5, 0.6) is 0 Å². The topological polar surface area (TPSA) is 15.6 Å². The number of halogens is 2. The van der Waals surface area contributed by atoms with Crippen LogP contribution in [0.25, 0.3) is 0 Å². The molecule has 0 N–H and O–H groups in total. The Bertz CT molecular complexity index is 482. The lowest BCUT2D eigenvalue weighted by molar-refractivity contribution is 0.479. The Kier molecular flexibility index (Phi) is 1.99. The van der Waals surface area contributed by atoms with Gasteiger partial charge in [-0.15, -0.1) is 0 Å². The lowest BCUT2D eigenvalue weighted by Crippen LogP contribution is -2.40. The van der Waals surface area contributed by atoms with Gasteiger partial charge in [0, 0.05) is 23.4 Å². The van der Waals surface area contributed by atoms with Crippen LogP contribution in [0.1, 0.15) is 24.5 Å². The number of hydrogen-bond acceptors (Lipinski definition) is 2. The summed E-state index contributed by atoms with van der Waals surface area (Å²) in [5.41, 5.74) is 2.05. The highest BCUT2D eigenvalue weighted by molar-refractivity contribution is 5.91. The highest BCUT2D eigenvalue weighted by Crippen LogP contribution is 2.37. The Hall–Kier alpha value is -1.45. The first-order valence-corrected chi connectivity index (χ1v) is 5.46. The zero-order valence-electron chi connectivity index (χ0n) is 9.00. The van der Waals surface area contributed by atoms with Crippen LogP contribution in [0.15, 0.2) is 11.1 Å². The van der Waals surface area contributed by atoms with E-state index in [1.165, 1.54) is 6.07 Å². The third-order valence-electron chi connectivity index (χ3n) is 3.41. The van der Waals surface area contributed by atoms with Gasteiger partial charge in [-0.05, 0) is 25.8 Å². The number of rotatable bonds is 0. The molecule has 1 atom stereocenters. The number of nitrogens with zero attached hydrogens (tertiary/aromatic N) is 2. The van der Waals surface area contributed by atoms with Crippen LogP contribution in [0.2, 0.25) is 0 Å². The van der Waals surface area contributed by atoms with Gasteiger partial charge in [0.25, 0.3) is 0 Å². The average Bonchev–Trinajstić information content (AvgIpc) is 2.28. The summed E-state index contributed by atoms with van der Waals surface area (Å²) in [5.74, 6) is -1.46. The van der Waals surface area contributed by atoms with E-state index in [2.05, 4.69) is 16.8 Å². The van der Waals surface area contributed by atoms with Gasteiger partial charge in [0.2, 0.25) is 0 Å². The van der Waals surface area contributed by atoms with Crippen molar-refractivity contribution in [1.29, 1.82) is 0 Å². The Morgan fingerprint density at radius 3 is 3.06 bits per heavy atom. The van der Waals surface area contributed by atoms with Crippen molar-refractivity contribution in [3.63, 3.8) is 0 Å². The van der Waals surface area contributed by atoms with E-state index in [0.29, 0.717) is 30.3 Å².